The summed E-state index contributed by atoms with van der Waals surface area (Å²) in [6, 6.07) is 0.718. The second-order valence-electron chi connectivity index (χ2n) is 5.18. The highest BCUT2D eigenvalue weighted by Crippen LogP contribution is 2.40. The van der Waals surface area contributed by atoms with Gasteiger partial charge in [0.25, 0.3) is 12.3 Å². The molecule has 1 atom stereocenters. The van der Waals surface area contributed by atoms with Gasteiger partial charge in [-0.15, -0.1) is 0 Å². The Morgan fingerprint density at radius 1 is 1.28 bits per heavy atom. The molecule has 2 rings (SSSR count). The van der Waals surface area contributed by atoms with E-state index in [0.717, 1.165) is 7.11 Å². The van der Waals surface area contributed by atoms with E-state index in [4.69, 9.17) is 39.6 Å². The number of carbonyl (C=O) groups excluding carboxylic acids is 1. The standard InChI is InChI=1S/C15H14Cl3F2N3O2/c1-7-9(6-22(2)21-7)15(24)23(25-3)13(14(19)20)12-10(17)4-8(16)5-11(12)18/h4-6,13-14H,1-3H3. The Balaban J connectivity index is 2.55. The van der Waals surface area contributed by atoms with Crippen LogP contribution in [0.25, 0.3) is 0 Å². The van der Waals surface area contributed by atoms with Gasteiger partial charge in [-0.3, -0.25) is 14.3 Å². The Hall–Kier alpha value is -1.41. The highest BCUT2D eigenvalue weighted by molar-refractivity contribution is 6.39. The van der Waals surface area contributed by atoms with Gasteiger partial charge in [-0.25, -0.2) is 13.8 Å². The molecule has 1 aromatic heterocycles. The van der Waals surface area contributed by atoms with Gasteiger partial charge in [0.2, 0.25) is 0 Å². The molecule has 0 aliphatic rings. The lowest BCUT2D eigenvalue weighted by Gasteiger charge is -2.30. The van der Waals surface area contributed by atoms with E-state index in [9.17, 15) is 13.6 Å². The van der Waals surface area contributed by atoms with Gasteiger partial charge >= 0.3 is 0 Å². The summed E-state index contributed by atoms with van der Waals surface area (Å²) in [5.41, 5.74) is 0.339. The van der Waals surface area contributed by atoms with E-state index in [-0.39, 0.29) is 26.2 Å². The number of amides is 1. The van der Waals surface area contributed by atoms with Crippen molar-refractivity contribution in [2.45, 2.75) is 19.4 Å². The number of hydrogen-bond donors (Lipinski definition) is 0. The molecular weight excluding hydrogens is 399 g/mol. The molecule has 0 fully saturated rings. The van der Waals surface area contributed by atoms with Crippen molar-refractivity contribution in [2.24, 2.45) is 7.05 Å². The summed E-state index contributed by atoms with van der Waals surface area (Å²) in [6.07, 6.45) is -1.60. The van der Waals surface area contributed by atoms with Crippen molar-refractivity contribution in [1.82, 2.24) is 14.8 Å². The van der Waals surface area contributed by atoms with E-state index in [1.165, 1.54) is 23.0 Å². The monoisotopic (exact) mass is 411 g/mol. The summed E-state index contributed by atoms with van der Waals surface area (Å²) >= 11 is 17.9. The van der Waals surface area contributed by atoms with Crippen LogP contribution in [0, 0.1) is 6.92 Å². The van der Waals surface area contributed by atoms with Gasteiger partial charge in [-0.05, 0) is 19.1 Å². The minimum atomic E-state index is -3.02. The quantitative estimate of drug-likeness (QED) is 0.669. The van der Waals surface area contributed by atoms with Crippen LogP contribution >= 0.6 is 34.8 Å². The van der Waals surface area contributed by atoms with Gasteiger partial charge < -0.3 is 0 Å². The average molecular weight is 413 g/mol. The normalized spacial score (nSPS) is 12.5. The molecule has 25 heavy (non-hydrogen) atoms. The Bertz CT molecular complexity index is 775. The summed E-state index contributed by atoms with van der Waals surface area (Å²) < 4.78 is 29.0. The van der Waals surface area contributed by atoms with Crippen molar-refractivity contribution in [3.05, 3.63) is 50.2 Å². The zero-order valence-electron chi connectivity index (χ0n) is 13.4. The molecule has 0 aliphatic carbocycles. The third-order valence-electron chi connectivity index (χ3n) is 3.47. The van der Waals surface area contributed by atoms with Gasteiger partial charge in [-0.2, -0.15) is 5.10 Å². The summed E-state index contributed by atoms with van der Waals surface area (Å²) in [5.74, 6) is -0.791. The van der Waals surface area contributed by atoms with E-state index in [1.54, 1.807) is 14.0 Å². The topological polar surface area (TPSA) is 47.4 Å². The fourth-order valence-electron chi connectivity index (χ4n) is 2.43. The smallest absolute Gasteiger partial charge is 0.275 e. The summed E-state index contributed by atoms with van der Waals surface area (Å²) in [6.45, 7) is 1.58. The first-order chi connectivity index (χ1) is 11.7. The second kappa shape index (κ2) is 7.86. The summed E-state index contributed by atoms with van der Waals surface area (Å²) in [4.78, 5) is 17.7. The number of benzene rings is 1. The second-order valence-corrected chi connectivity index (χ2v) is 6.43. The Labute approximate surface area is 158 Å². The van der Waals surface area contributed by atoms with Gasteiger partial charge in [0.05, 0.1) is 18.4 Å². The van der Waals surface area contributed by atoms with Gasteiger partial charge in [0.15, 0.2) is 0 Å². The number of hydroxylamine groups is 2. The van der Waals surface area contributed by atoms with E-state index in [0.29, 0.717) is 10.8 Å². The first-order valence-corrected chi connectivity index (χ1v) is 8.11. The fraction of sp³-hybridized carbons (Fsp3) is 0.333. The molecule has 0 N–H and O–H groups in total. The summed E-state index contributed by atoms with van der Waals surface area (Å²) in [7, 11) is 2.72. The maximum absolute atomic E-state index is 13.8. The maximum atomic E-state index is 13.8. The van der Waals surface area contributed by atoms with E-state index in [2.05, 4.69) is 5.10 Å². The van der Waals surface area contributed by atoms with Crippen LogP contribution in [0.1, 0.15) is 27.7 Å². The molecule has 0 saturated carbocycles. The molecule has 136 valence electrons. The Morgan fingerprint density at radius 2 is 1.84 bits per heavy atom. The van der Waals surface area contributed by atoms with Crippen LogP contribution < -0.4 is 0 Å². The first-order valence-electron chi connectivity index (χ1n) is 6.97. The van der Waals surface area contributed by atoms with Crippen molar-refractivity contribution in [2.75, 3.05) is 7.11 Å². The lowest BCUT2D eigenvalue weighted by Crippen LogP contribution is -2.38. The predicted octanol–water partition coefficient (Wildman–Crippen LogP) is 4.70. The number of alkyl halides is 2. The molecule has 1 heterocycles. The van der Waals surface area contributed by atoms with Crippen molar-refractivity contribution in [3.8, 4) is 0 Å². The molecule has 1 aromatic carbocycles. The lowest BCUT2D eigenvalue weighted by atomic mass is 10.1. The number of aromatic nitrogens is 2. The molecule has 1 unspecified atom stereocenters. The minimum absolute atomic E-state index is 0.0967. The molecule has 1 amide bonds. The molecule has 2 aromatic rings. The largest absolute Gasteiger partial charge is 0.281 e. The number of carbonyl (C=O) groups is 1. The Morgan fingerprint density at radius 3 is 2.24 bits per heavy atom. The first kappa shape index (κ1) is 19.9. The third-order valence-corrected chi connectivity index (χ3v) is 4.32. The molecule has 0 aliphatic heterocycles. The molecule has 0 bridgehead atoms. The number of hydrogen-bond acceptors (Lipinski definition) is 3. The third kappa shape index (κ3) is 4.06. The molecule has 5 nitrogen and oxygen atoms in total. The molecular formula is C15H14Cl3F2N3O2. The highest BCUT2D eigenvalue weighted by atomic mass is 35.5. The van der Waals surface area contributed by atoms with E-state index < -0.39 is 18.4 Å². The summed E-state index contributed by atoms with van der Waals surface area (Å²) in [5, 5.41) is 4.56. The van der Waals surface area contributed by atoms with Gasteiger partial charge in [-0.1, -0.05) is 34.8 Å². The van der Waals surface area contributed by atoms with Crippen molar-refractivity contribution in [3.63, 3.8) is 0 Å². The van der Waals surface area contributed by atoms with Gasteiger partial charge in [0, 0.05) is 33.9 Å². The van der Waals surface area contributed by atoms with Gasteiger partial charge in [0.1, 0.15) is 6.04 Å². The minimum Gasteiger partial charge on any atom is -0.275 e. The zero-order chi connectivity index (χ0) is 18.9. The molecule has 10 heteroatoms. The van der Waals surface area contributed by atoms with Crippen molar-refractivity contribution < 1.29 is 18.4 Å². The van der Waals surface area contributed by atoms with Crippen molar-refractivity contribution >= 4 is 40.7 Å². The van der Waals surface area contributed by atoms with Crippen LogP contribution in [0.4, 0.5) is 8.78 Å². The van der Waals surface area contributed by atoms with Crippen LogP contribution in [0.3, 0.4) is 0 Å². The number of nitrogens with zero attached hydrogens (tertiary/aromatic N) is 3. The van der Waals surface area contributed by atoms with Crippen LogP contribution in [0.5, 0.6) is 0 Å². The Kier molecular flexibility index (Phi) is 6.26. The number of rotatable bonds is 5. The molecule has 0 saturated heterocycles. The van der Waals surface area contributed by atoms with Crippen molar-refractivity contribution in [1.29, 1.82) is 0 Å². The zero-order valence-corrected chi connectivity index (χ0v) is 15.7. The fourth-order valence-corrected chi connectivity index (χ4v) is 3.47. The number of halogens is 5. The maximum Gasteiger partial charge on any atom is 0.281 e. The van der Waals surface area contributed by atoms with E-state index >= 15 is 0 Å². The van der Waals surface area contributed by atoms with Crippen LogP contribution in [-0.2, 0) is 11.9 Å². The predicted molar refractivity (Wildman–Crippen MR) is 91.3 cm³/mol. The average Bonchev–Trinajstić information content (AvgIpc) is 2.83. The SMILES string of the molecule is CON(C(=O)c1cn(C)nc1C)C(c1c(Cl)cc(Cl)cc1Cl)C(F)F. The highest BCUT2D eigenvalue weighted by Gasteiger charge is 2.38. The van der Waals surface area contributed by atoms with Crippen LogP contribution in [0.15, 0.2) is 18.3 Å². The number of aryl methyl sites for hydroxylation is 2. The molecule has 0 radical (unpaired) electrons. The van der Waals surface area contributed by atoms with Crippen LogP contribution in [0.2, 0.25) is 15.1 Å². The van der Waals surface area contributed by atoms with Crippen LogP contribution in [-0.4, -0.2) is 34.3 Å². The van der Waals surface area contributed by atoms with E-state index in [1.807, 2.05) is 0 Å². The molecule has 0 spiro atoms. The lowest BCUT2D eigenvalue weighted by molar-refractivity contribution is -0.156.